The van der Waals surface area contributed by atoms with E-state index in [0.29, 0.717) is 11.4 Å². The molecule has 2 amide bonds. The largest absolute Gasteiger partial charge is 0.327 e. The van der Waals surface area contributed by atoms with Gasteiger partial charge in [-0.1, -0.05) is 63.2 Å². The van der Waals surface area contributed by atoms with Crippen LogP contribution in [0.5, 0.6) is 0 Å². The van der Waals surface area contributed by atoms with Crippen LogP contribution in [0.2, 0.25) is 0 Å². The van der Waals surface area contributed by atoms with Crippen LogP contribution in [0, 0.1) is 0 Å². The Balaban J connectivity index is 1.72. The van der Waals surface area contributed by atoms with Gasteiger partial charge in [0.15, 0.2) is 0 Å². The molecule has 0 bridgehead atoms. The predicted octanol–water partition coefficient (Wildman–Crippen LogP) is 4.87. The Hall–Kier alpha value is -3.41. The molecule has 0 atom stereocenters. The first kappa shape index (κ1) is 23.3. The second-order valence-electron chi connectivity index (χ2n) is 9.31. The van der Waals surface area contributed by atoms with E-state index in [4.69, 9.17) is 0 Å². The summed E-state index contributed by atoms with van der Waals surface area (Å²) in [7, 11) is 1.80. The minimum atomic E-state index is -0.253. The Labute approximate surface area is 190 Å². The molecule has 0 fully saturated rings. The van der Waals surface area contributed by atoms with Crippen molar-refractivity contribution < 1.29 is 9.59 Å². The topological polar surface area (TPSA) is 67.2 Å². The van der Waals surface area contributed by atoms with Crippen LogP contribution in [0.15, 0.2) is 60.7 Å². The Morgan fingerprint density at radius 3 is 2.12 bits per heavy atom. The molecule has 0 aliphatic rings. The molecular formula is C26H32N4O2. The van der Waals surface area contributed by atoms with Gasteiger partial charge in [-0.05, 0) is 37.1 Å². The van der Waals surface area contributed by atoms with Gasteiger partial charge in [0.2, 0.25) is 5.91 Å². The molecule has 0 spiro atoms. The van der Waals surface area contributed by atoms with Gasteiger partial charge in [0.05, 0.1) is 5.69 Å². The van der Waals surface area contributed by atoms with Crippen molar-refractivity contribution in [2.24, 2.45) is 7.05 Å². The quantitative estimate of drug-likeness (QED) is 0.604. The number of rotatable bonds is 6. The molecular weight excluding hydrogens is 400 g/mol. The molecule has 0 saturated heterocycles. The lowest BCUT2D eigenvalue weighted by Gasteiger charge is -2.26. The summed E-state index contributed by atoms with van der Waals surface area (Å²) in [6.45, 7) is 10.00. The number of aryl methyl sites for hydroxylation is 1. The molecule has 32 heavy (non-hydrogen) atoms. The molecule has 2 aromatic carbocycles. The highest BCUT2D eigenvalue weighted by Crippen LogP contribution is 2.24. The SMILES string of the molecule is CC(C)N(CC(=O)Nc1cc(C(C)(C)C)nn1C)C(=O)c1ccc(-c2ccccc2)cc1. The minimum absolute atomic E-state index is 0.0348. The van der Waals surface area contributed by atoms with Gasteiger partial charge in [0, 0.05) is 30.1 Å². The van der Waals surface area contributed by atoms with Crippen molar-refractivity contribution in [3.8, 4) is 11.1 Å². The van der Waals surface area contributed by atoms with Crippen LogP contribution in [0.4, 0.5) is 5.82 Å². The van der Waals surface area contributed by atoms with Crippen LogP contribution in [-0.4, -0.2) is 39.1 Å². The minimum Gasteiger partial charge on any atom is -0.327 e. The molecule has 0 aliphatic heterocycles. The number of aromatic nitrogens is 2. The monoisotopic (exact) mass is 432 g/mol. The van der Waals surface area contributed by atoms with Crippen molar-refractivity contribution in [2.75, 3.05) is 11.9 Å². The van der Waals surface area contributed by atoms with Gasteiger partial charge < -0.3 is 10.2 Å². The fourth-order valence-corrected chi connectivity index (χ4v) is 3.38. The van der Waals surface area contributed by atoms with Crippen LogP contribution in [-0.2, 0) is 17.3 Å². The molecule has 0 aliphatic carbocycles. The maximum Gasteiger partial charge on any atom is 0.254 e. The third kappa shape index (κ3) is 5.44. The summed E-state index contributed by atoms with van der Waals surface area (Å²) in [5.41, 5.74) is 3.47. The Morgan fingerprint density at radius 2 is 1.59 bits per heavy atom. The molecule has 1 aromatic heterocycles. The lowest BCUT2D eigenvalue weighted by molar-refractivity contribution is -0.117. The third-order valence-corrected chi connectivity index (χ3v) is 5.35. The van der Waals surface area contributed by atoms with Crippen molar-refractivity contribution in [3.05, 3.63) is 71.9 Å². The number of anilines is 1. The van der Waals surface area contributed by atoms with E-state index in [1.54, 1.807) is 16.6 Å². The van der Waals surface area contributed by atoms with Gasteiger partial charge in [0.1, 0.15) is 12.4 Å². The molecule has 0 radical (unpaired) electrons. The Kier molecular flexibility index (Phi) is 6.82. The van der Waals surface area contributed by atoms with Gasteiger partial charge in [-0.3, -0.25) is 14.3 Å². The summed E-state index contributed by atoms with van der Waals surface area (Å²) in [4.78, 5) is 27.5. The molecule has 0 saturated carbocycles. The van der Waals surface area contributed by atoms with Crippen molar-refractivity contribution >= 4 is 17.6 Å². The summed E-state index contributed by atoms with van der Waals surface area (Å²) in [5, 5.41) is 7.38. The van der Waals surface area contributed by atoms with Crippen molar-refractivity contribution in [3.63, 3.8) is 0 Å². The zero-order valence-corrected chi connectivity index (χ0v) is 19.7. The van der Waals surface area contributed by atoms with Crippen LogP contribution < -0.4 is 5.32 Å². The van der Waals surface area contributed by atoms with Crippen molar-refractivity contribution in [2.45, 2.75) is 46.1 Å². The Bertz CT molecular complexity index is 1080. The number of amides is 2. The van der Waals surface area contributed by atoms with E-state index in [-0.39, 0.29) is 29.8 Å². The third-order valence-electron chi connectivity index (χ3n) is 5.35. The number of carbonyl (C=O) groups is 2. The van der Waals surface area contributed by atoms with E-state index in [1.807, 2.05) is 74.5 Å². The van der Waals surface area contributed by atoms with E-state index in [2.05, 4.69) is 31.2 Å². The van der Waals surface area contributed by atoms with E-state index < -0.39 is 0 Å². The van der Waals surface area contributed by atoms with E-state index in [1.165, 1.54) is 0 Å². The van der Waals surface area contributed by atoms with Gasteiger partial charge >= 0.3 is 0 Å². The summed E-state index contributed by atoms with van der Waals surface area (Å²) in [6.07, 6.45) is 0. The maximum absolute atomic E-state index is 13.2. The van der Waals surface area contributed by atoms with Gasteiger partial charge in [-0.15, -0.1) is 0 Å². The number of hydrogen-bond donors (Lipinski definition) is 1. The first-order valence-corrected chi connectivity index (χ1v) is 10.9. The molecule has 1 N–H and O–H groups in total. The highest BCUT2D eigenvalue weighted by Gasteiger charge is 2.23. The van der Waals surface area contributed by atoms with Crippen LogP contribution >= 0.6 is 0 Å². The standard InChI is InChI=1S/C26H32N4O2/c1-18(2)30(17-24(31)27-23-16-22(26(3,4)5)28-29(23)6)25(32)21-14-12-20(13-15-21)19-10-8-7-9-11-19/h7-16,18H,17H2,1-6H3,(H,27,31). The highest BCUT2D eigenvalue weighted by atomic mass is 16.2. The number of nitrogens with one attached hydrogen (secondary N) is 1. The summed E-state index contributed by atoms with van der Waals surface area (Å²) in [5.74, 6) is 0.190. The second-order valence-corrected chi connectivity index (χ2v) is 9.31. The lowest BCUT2D eigenvalue weighted by atomic mass is 9.92. The first-order valence-electron chi connectivity index (χ1n) is 10.9. The fourth-order valence-electron chi connectivity index (χ4n) is 3.38. The molecule has 1 heterocycles. The molecule has 3 aromatic rings. The van der Waals surface area contributed by atoms with E-state index in [0.717, 1.165) is 16.8 Å². The zero-order chi connectivity index (χ0) is 23.5. The Morgan fingerprint density at radius 1 is 1.00 bits per heavy atom. The van der Waals surface area contributed by atoms with Crippen LogP contribution in [0.25, 0.3) is 11.1 Å². The van der Waals surface area contributed by atoms with E-state index in [9.17, 15) is 9.59 Å². The number of nitrogens with zero attached hydrogens (tertiary/aromatic N) is 3. The number of carbonyl (C=O) groups excluding carboxylic acids is 2. The first-order chi connectivity index (χ1) is 15.1. The molecule has 3 rings (SSSR count). The lowest BCUT2D eigenvalue weighted by Crippen LogP contribution is -2.42. The van der Waals surface area contributed by atoms with Crippen molar-refractivity contribution in [1.82, 2.24) is 14.7 Å². The summed E-state index contributed by atoms with van der Waals surface area (Å²) < 4.78 is 1.66. The molecule has 0 unspecified atom stereocenters. The predicted molar refractivity (Wildman–Crippen MR) is 129 cm³/mol. The normalized spacial score (nSPS) is 11.5. The summed E-state index contributed by atoms with van der Waals surface area (Å²) >= 11 is 0. The zero-order valence-electron chi connectivity index (χ0n) is 19.7. The highest BCUT2D eigenvalue weighted by molar-refractivity contribution is 5.99. The smallest absolute Gasteiger partial charge is 0.254 e. The van der Waals surface area contributed by atoms with Gasteiger partial charge in [-0.2, -0.15) is 5.10 Å². The summed E-state index contributed by atoms with van der Waals surface area (Å²) in [6, 6.07) is 19.3. The maximum atomic E-state index is 13.2. The average Bonchev–Trinajstić information content (AvgIpc) is 3.13. The van der Waals surface area contributed by atoms with Gasteiger partial charge in [-0.25, -0.2) is 0 Å². The van der Waals surface area contributed by atoms with Crippen LogP contribution in [0.3, 0.4) is 0 Å². The fraction of sp³-hybridized carbons (Fsp3) is 0.346. The van der Waals surface area contributed by atoms with Crippen molar-refractivity contribution in [1.29, 1.82) is 0 Å². The second kappa shape index (κ2) is 9.39. The number of hydrogen-bond acceptors (Lipinski definition) is 3. The number of benzene rings is 2. The van der Waals surface area contributed by atoms with E-state index >= 15 is 0 Å². The molecule has 6 heteroatoms. The average molecular weight is 433 g/mol. The van der Waals surface area contributed by atoms with Crippen LogP contribution in [0.1, 0.15) is 50.7 Å². The van der Waals surface area contributed by atoms with Gasteiger partial charge in [0.25, 0.3) is 5.91 Å². The molecule has 168 valence electrons. The molecule has 6 nitrogen and oxygen atoms in total.